The fourth-order valence-electron chi connectivity index (χ4n) is 2.46. The predicted octanol–water partition coefficient (Wildman–Crippen LogP) is 4.26. The zero-order valence-corrected chi connectivity index (χ0v) is 13.0. The average Bonchev–Trinajstić information content (AvgIpc) is 3.06. The smallest absolute Gasteiger partial charge is 0.105 e. The number of nitrogens with zero attached hydrogens (tertiary/aromatic N) is 1. The van der Waals surface area contributed by atoms with Crippen molar-refractivity contribution in [1.29, 1.82) is 0 Å². The molecule has 0 spiro atoms. The Bertz CT molecular complexity index is 730. The van der Waals surface area contributed by atoms with Crippen molar-refractivity contribution < 1.29 is 4.42 Å². The minimum Gasteiger partial charge on any atom is -0.466 e. The van der Waals surface area contributed by atoms with E-state index in [1.165, 1.54) is 0 Å². The van der Waals surface area contributed by atoms with E-state index in [9.17, 15) is 0 Å². The number of aromatic nitrogens is 1. The SMILES string of the molecule is Cc1cc(C(N)Cc2nc(-c3ccccc3)cs2)c(C)o1. The van der Waals surface area contributed by atoms with Gasteiger partial charge in [-0.25, -0.2) is 4.98 Å². The third-order valence-corrected chi connectivity index (χ3v) is 4.37. The molecule has 0 aliphatic carbocycles. The summed E-state index contributed by atoms with van der Waals surface area (Å²) in [4.78, 5) is 4.69. The summed E-state index contributed by atoms with van der Waals surface area (Å²) in [6.45, 7) is 3.90. The minimum absolute atomic E-state index is 0.0720. The standard InChI is InChI=1S/C17H18N2OS/c1-11-8-14(12(2)20-11)15(18)9-17-19-16(10-21-17)13-6-4-3-5-7-13/h3-8,10,15H,9,18H2,1-2H3. The molecule has 0 radical (unpaired) electrons. The molecule has 3 nitrogen and oxygen atoms in total. The second-order valence-electron chi connectivity index (χ2n) is 5.17. The Kier molecular flexibility index (Phi) is 3.90. The number of hydrogen-bond acceptors (Lipinski definition) is 4. The molecule has 0 saturated carbocycles. The molecule has 3 rings (SSSR count). The maximum Gasteiger partial charge on any atom is 0.105 e. The zero-order chi connectivity index (χ0) is 14.8. The van der Waals surface area contributed by atoms with Crippen LogP contribution in [0.5, 0.6) is 0 Å². The van der Waals surface area contributed by atoms with Gasteiger partial charge in [-0.05, 0) is 19.9 Å². The third kappa shape index (κ3) is 3.06. The number of aryl methyl sites for hydroxylation is 2. The predicted molar refractivity (Wildman–Crippen MR) is 86.4 cm³/mol. The van der Waals surface area contributed by atoms with E-state index in [1.54, 1.807) is 11.3 Å². The lowest BCUT2D eigenvalue weighted by atomic mass is 10.1. The minimum atomic E-state index is -0.0720. The number of thiazole rings is 1. The highest BCUT2D eigenvalue weighted by Gasteiger charge is 2.15. The van der Waals surface area contributed by atoms with Gasteiger partial charge in [0.2, 0.25) is 0 Å². The van der Waals surface area contributed by atoms with Crippen LogP contribution in [0.15, 0.2) is 46.2 Å². The average molecular weight is 298 g/mol. The lowest BCUT2D eigenvalue weighted by molar-refractivity contribution is 0.497. The van der Waals surface area contributed by atoms with Crippen LogP contribution in [0, 0.1) is 13.8 Å². The van der Waals surface area contributed by atoms with Crippen LogP contribution in [-0.2, 0) is 6.42 Å². The number of benzene rings is 1. The van der Waals surface area contributed by atoms with Crippen molar-refractivity contribution in [3.63, 3.8) is 0 Å². The van der Waals surface area contributed by atoms with E-state index in [4.69, 9.17) is 15.1 Å². The van der Waals surface area contributed by atoms with Gasteiger partial charge in [-0.1, -0.05) is 30.3 Å². The maximum absolute atomic E-state index is 6.30. The van der Waals surface area contributed by atoms with Gasteiger partial charge in [0.15, 0.2) is 0 Å². The summed E-state index contributed by atoms with van der Waals surface area (Å²) in [7, 11) is 0. The summed E-state index contributed by atoms with van der Waals surface area (Å²) in [6, 6.07) is 12.2. The zero-order valence-electron chi connectivity index (χ0n) is 12.2. The van der Waals surface area contributed by atoms with Gasteiger partial charge in [0.05, 0.1) is 10.7 Å². The third-order valence-electron chi connectivity index (χ3n) is 3.49. The van der Waals surface area contributed by atoms with Crippen molar-refractivity contribution in [2.45, 2.75) is 26.3 Å². The van der Waals surface area contributed by atoms with Crippen molar-refractivity contribution in [2.24, 2.45) is 5.73 Å². The monoisotopic (exact) mass is 298 g/mol. The molecule has 0 saturated heterocycles. The van der Waals surface area contributed by atoms with Crippen molar-refractivity contribution in [2.75, 3.05) is 0 Å². The van der Waals surface area contributed by atoms with Crippen LogP contribution in [0.3, 0.4) is 0 Å². The number of rotatable bonds is 4. The van der Waals surface area contributed by atoms with Crippen LogP contribution in [0.2, 0.25) is 0 Å². The van der Waals surface area contributed by atoms with Crippen LogP contribution >= 0.6 is 11.3 Å². The quantitative estimate of drug-likeness (QED) is 0.783. The molecule has 0 aliphatic rings. The van der Waals surface area contributed by atoms with Gasteiger partial charge in [-0.3, -0.25) is 0 Å². The number of hydrogen-bond donors (Lipinski definition) is 1. The molecule has 1 aromatic carbocycles. The summed E-state index contributed by atoms with van der Waals surface area (Å²) in [6.07, 6.45) is 0.733. The van der Waals surface area contributed by atoms with E-state index in [1.807, 2.05) is 38.1 Å². The van der Waals surface area contributed by atoms with Gasteiger partial charge >= 0.3 is 0 Å². The molecular weight excluding hydrogens is 280 g/mol. The second kappa shape index (κ2) is 5.84. The highest BCUT2D eigenvalue weighted by molar-refractivity contribution is 7.09. The largest absolute Gasteiger partial charge is 0.466 e. The first-order valence-corrected chi connectivity index (χ1v) is 7.84. The maximum atomic E-state index is 6.30. The molecule has 2 N–H and O–H groups in total. The number of furan rings is 1. The highest BCUT2D eigenvalue weighted by Crippen LogP contribution is 2.26. The topological polar surface area (TPSA) is 52.0 Å². The Balaban J connectivity index is 1.77. The van der Waals surface area contributed by atoms with Crippen LogP contribution in [0.25, 0.3) is 11.3 Å². The molecule has 2 aromatic heterocycles. The fraction of sp³-hybridized carbons (Fsp3) is 0.235. The van der Waals surface area contributed by atoms with Crippen LogP contribution in [0.4, 0.5) is 0 Å². The first-order chi connectivity index (χ1) is 10.1. The Labute approximate surface area is 128 Å². The van der Waals surface area contributed by atoms with Gasteiger partial charge in [0.1, 0.15) is 11.5 Å². The Hall–Kier alpha value is -1.91. The van der Waals surface area contributed by atoms with E-state index in [2.05, 4.69) is 17.5 Å². The summed E-state index contributed by atoms with van der Waals surface area (Å²) in [5, 5.41) is 3.14. The molecule has 4 heteroatoms. The van der Waals surface area contributed by atoms with Gasteiger partial charge in [0, 0.05) is 29.0 Å². The molecule has 0 amide bonds. The Morgan fingerprint density at radius 1 is 1.24 bits per heavy atom. The van der Waals surface area contributed by atoms with Gasteiger partial charge in [-0.15, -0.1) is 11.3 Å². The lowest BCUT2D eigenvalue weighted by Crippen LogP contribution is -2.13. The normalized spacial score (nSPS) is 12.5. The van der Waals surface area contributed by atoms with E-state index in [-0.39, 0.29) is 6.04 Å². The fourth-order valence-corrected chi connectivity index (χ4v) is 3.33. The van der Waals surface area contributed by atoms with Crippen molar-refractivity contribution in [3.8, 4) is 11.3 Å². The second-order valence-corrected chi connectivity index (χ2v) is 6.11. The molecule has 21 heavy (non-hydrogen) atoms. The van der Waals surface area contributed by atoms with E-state index in [0.29, 0.717) is 0 Å². The van der Waals surface area contributed by atoms with Crippen LogP contribution in [0.1, 0.15) is 28.1 Å². The molecule has 2 heterocycles. The van der Waals surface area contributed by atoms with Crippen LogP contribution < -0.4 is 5.73 Å². The summed E-state index contributed by atoms with van der Waals surface area (Å²) < 4.78 is 5.55. The summed E-state index contributed by atoms with van der Waals surface area (Å²) in [5.74, 6) is 1.81. The van der Waals surface area contributed by atoms with E-state index < -0.39 is 0 Å². The lowest BCUT2D eigenvalue weighted by Gasteiger charge is -2.08. The molecule has 3 aromatic rings. The first-order valence-electron chi connectivity index (χ1n) is 6.96. The molecule has 1 atom stereocenters. The van der Waals surface area contributed by atoms with E-state index >= 15 is 0 Å². The van der Waals surface area contributed by atoms with Crippen molar-refractivity contribution >= 4 is 11.3 Å². The molecule has 0 bridgehead atoms. The Morgan fingerprint density at radius 3 is 2.67 bits per heavy atom. The van der Waals surface area contributed by atoms with Crippen molar-refractivity contribution in [1.82, 2.24) is 4.98 Å². The molecule has 0 aliphatic heterocycles. The van der Waals surface area contributed by atoms with Gasteiger partial charge < -0.3 is 10.2 Å². The molecule has 0 fully saturated rings. The van der Waals surface area contributed by atoms with Crippen molar-refractivity contribution in [3.05, 3.63) is 63.9 Å². The van der Waals surface area contributed by atoms with Gasteiger partial charge in [0.25, 0.3) is 0 Å². The molecule has 1 unspecified atom stereocenters. The van der Waals surface area contributed by atoms with Gasteiger partial charge in [-0.2, -0.15) is 0 Å². The van der Waals surface area contributed by atoms with Crippen LogP contribution in [-0.4, -0.2) is 4.98 Å². The summed E-state index contributed by atoms with van der Waals surface area (Å²) in [5.41, 5.74) is 9.53. The summed E-state index contributed by atoms with van der Waals surface area (Å²) >= 11 is 1.66. The first kappa shape index (κ1) is 14.0. The Morgan fingerprint density at radius 2 is 2.00 bits per heavy atom. The molecule has 108 valence electrons. The van der Waals surface area contributed by atoms with E-state index in [0.717, 1.165) is 39.8 Å². The highest BCUT2D eigenvalue weighted by atomic mass is 32.1. The number of nitrogens with two attached hydrogens (primary N) is 1. The molecular formula is C17H18N2OS.